The zero-order valence-electron chi connectivity index (χ0n) is 23.9. The normalized spacial score (nSPS) is 18.0. The Bertz CT molecular complexity index is 1270. The van der Waals surface area contributed by atoms with Gasteiger partial charge >= 0.3 is 0 Å². The van der Waals surface area contributed by atoms with Gasteiger partial charge in [0.1, 0.15) is 18.1 Å². The molecular weight excluding hydrogens is 480 g/mol. The van der Waals surface area contributed by atoms with Crippen molar-refractivity contribution < 1.29 is 9.84 Å². The summed E-state index contributed by atoms with van der Waals surface area (Å²) in [7, 11) is 0. The number of benzene rings is 3. The molecule has 0 bridgehead atoms. The molecule has 0 spiro atoms. The fourth-order valence-corrected chi connectivity index (χ4v) is 6.14. The van der Waals surface area contributed by atoms with Crippen LogP contribution in [0.4, 0.5) is 5.69 Å². The molecule has 39 heavy (non-hydrogen) atoms. The lowest BCUT2D eigenvalue weighted by molar-refractivity contribution is 0.214. The Morgan fingerprint density at radius 3 is 2.46 bits per heavy atom. The fraction of sp³-hybridized carbons (Fsp3) is 0.429. The Morgan fingerprint density at radius 2 is 1.69 bits per heavy atom. The number of phenols is 1. The molecule has 5 rings (SSSR count). The standard InChI is InChI=1S/C35H44N2O2/c1-26(22-27-12-16-31(17-13-27)39-21-20-37-18-8-4-5-9-19-37)36-34-11-7-6-10-32(34)33-24-28-14-15-30(38)23-29(28)25-35(33,2)3/h6-7,10-17,23-24,26,36,38H,4-5,8-9,18-22,25H2,1-3H3. The lowest BCUT2D eigenvalue weighted by atomic mass is 9.70. The lowest BCUT2D eigenvalue weighted by Crippen LogP contribution is -2.29. The van der Waals surface area contributed by atoms with Crippen molar-refractivity contribution in [2.45, 2.75) is 65.3 Å². The Hall–Kier alpha value is -3.24. The number of likely N-dealkylation sites (tertiary alicyclic amines) is 1. The van der Waals surface area contributed by atoms with Crippen molar-refractivity contribution in [2.24, 2.45) is 5.41 Å². The number of fused-ring (bicyclic) bond motifs is 1. The average molecular weight is 525 g/mol. The first-order valence-electron chi connectivity index (χ1n) is 14.7. The molecule has 4 nitrogen and oxygen atoms in total. The number of ether oxygens (including phenoxy) is 1. The molecular formula is C35H44N2O2. The van der Waals surface area contributed by atoms with Gasteiger partial charge in [0, 0.05) is 23.8 Å². The van der Waals surface area contributed by atoms with Gasteiger partial charge in [-0.1, -0.05) is 69.2 Å². The van der Waals surface area contributed by atoms with Crippen LogP contribution >= 0.6 is 0 Å². The molecule has 1 fully saturated rings. The summed E-state index contributed by atoms with van der Waals surface area (Å²) in [6, 6.07) is 23.3. The molecule has 1 aliphatic heterocycles. The van der Waals surface area contributed by atoms with Crippen molar-refractivity contribution in [1.82, 2.24) is 4.90 Å². The molecule has 1 atom stereocenters. The fourth-order valence-electron chi connectivity index (χ4n) is 6.14. The van der Waals surface area contributed by atoms with Crippen LogP contribution in [0.1, 0.15) is 68.7 Å². The summed E-state index contributed by atoms with van der Waals surface area (Å²) in [5.74, 6) is 1.30. The number of para-hydroxylation sites is 1. The summed E-state index contributed by atoms with van der Waals surface area (Å²) < 4.78 is 6.06. The largest absolute Gasteiger partial charge is 0.508 e. The van der Waals surface area contributed by atoms with Crippen molar-refractivity contribution in [3.63, 3.8) is 0 Å². The molecule has 1 unspecified atom stereocenters. The highest BCUT2D eigenvalue weighted by molar-refractivity contribution is 5.91. The second kappa shape index (κ2) is 12.3. The van der Waals surface area contributed by atoms with Gasteiger partial charge in [-0.25, -0.2) is 0 Å². The van der Waals surface area contributed by atoms with E-state index >= 15 is 0 Å². The van der Waals surface area contributed by atoms with Crippen LogP contribution in [0.5, 0.6) is 11.5 Å². The predicted molar refractivity (Wildman–Crippen MR) is 164 cm³/mol. The van der Waals surface area contributed by atoms with Crippen molar-refractivity contribution in [3.05, 3.63) is 89.0 Å². The van der Waals surface area contributed by atoms with E-state index < -0.39 is 0 Å². The quantitative estimate of drug-likeness (QED) is 0.300. The van der Waals surface area contributed by atoms with Gasteiger partial charge in [-0.05, 0) is 104 Å². The van der Waals surface area contributed by atoms with Crippen molar-refractivity contribution in [2.75, 3.05) is 31.6 Å². The monoisotopic (exact) mass is 524 g/mol. The van der Waals surface area contributed by atoms with E-state index in [9.17, 15) is 5.11 Å². The SMILES string of the molecule is CC(Cc1ccc(OCCN2CCCCCC2)cc1)Nc1ccccc1C1=Cc2ccc(O)cc2CC1(C)C. The van der Waals surface area contributed by atoms with E-state index in [1.807, 2.05) is 12.1 Å². The Balaban J connectivity index is 1.21. The van der Waals surface area contributed by atoms with Crippen LogP contribution in [0.2, 0.25) is 0 Å². The Morgan fingerprint density at radius 1 is 0.949 bits per heavy atom. The minimum atomic E-state index is -0.0368. The van der Waals surface area contributed by atoms with Gasteiger partial charge in [0.2, 0.25) is 0 Å². The van der Waals surface area contributed by atoms with Crippen LogP contribution < -0.4 is 10.1 Å². The van der Waals surface area contributed by atoms with Gasteiger partial charge in [0.05, 0.1) is 0 Å². The smallest absolute Gasteiger partial charge is 0.119 e. The van der Waals surface area contributed by atoms with E-state index in [4.69, 9.17) is 4.74 Å². The third kappa shape index (κ3) is 7.05. The van der Waals surface area contributed by atoms with Gasteiger partial charge in [-0.15, -0.1) is 0 Å². The highest BCUT2D eigenvalue weighted by Crippen LogP contribution is 2.46. The minimum Gasteiger partial charge on any atom is -0.508 e. The molecule has 0 saturated carbocycles. The zero-order chi connectivity index (χ0) is 27.2. The van der Waals surface area contributed by atoms with Crippen LogP contribution in [0.3, 0.4) is 0 Å². The molecule has 0 aromatic heterocycles. The summed E-state index contributed by atoms with van der Waals surface area (Å²) in [5.41, 5.74) is 7.41. The molecule has 2 N–H and O–H groups in total. The molecule has 0 amide bonds. The third-order valence-corrected chi connectivity index (χ3v) is 8.25. The maximum Gasteiger partial charge on any atom is 0.119 e. The van der Waals surface area contributed by atoms with Gasteiger partial charge < -0.3 is 15.2 Å². The molecule has 206 valence electrons. The summed E-state index contributed by atoms with van der Waals surface area (Å²) in [5, 5.41) is 13.8. The highest BCUT2D eigenvalue weighted by atomic mass is 16.5. The highest BCUT2D eigenvalue weighted by Gasteiger charge is 2.31. The summed E-state index contributed by atoms with van der Waals surface area (Å²) in [6.07, 6.45) is 9.52. The molecule has 2 aliphatic rings. The van der Waals surface area contributed by atoms with E-state index in [1.54, 1.807) is 6.07 Å². The van der Waals surface area contributed by atoms with Gasteiger partial charge in [-0.3, -0.25) is 4.90 Å². The lowest BCUT2D eigenvalue weighted by Gasteiger charge is -2.34. The average Bonchev–Trinajstić information content (AvgIpc) is 3.18. The second-order valence-corrected chi connectivity index (χ2v) is 12.0. The molecule has 0 radical (unpaired) electrons. The first-order valence-corrected chi connectivity index (χ1v) is 14.7. The minimum absolute atomic E-state index is 0.0368. The van der Waals surface area contributed by atoms with Gasteiger partial charge in [0.15, 0.2) is 0 Å². The number of hydrogen-bond acceptors (Lipinski definition) is 4. The van der Waals surface area contributed by atoms with Crippen molar-refractivity contribution in [3.8, 4) is 11.5 Å². The van der Waals surface area contributed by atoms with E-state index in [1.165, 1.54) is 72.3 Å². The molecule has 1 saturated heterocycles. The van der Waals surface area contributed by atoms with Crippen LogP contribution in [0.15, 0.2) is 66.7 Å². The number of allylic oxidation sites excluding steroid dienone is 1. The zero-order valence-corrected chi connectivity index (χ0v) is 23.9. The number of rotatable bonds is 9. The number of aromatic hydroxyl groups is 1. The maximum absolute atomic E-state index is 9.98. The topological polar surface area (TPSA) is 44.7 Å². The van der Waals surface area contributed by atoms with E-state index in [0.717, 1.165) is 31.7 Å². The van der Waals surface area contributed by atoms with Crippen LogP contribution in [0.25, 0.3) is 11.6 Å². The Labute approximate surface area is 234 Å². The number of nitrogens with zero attached hydrogens (tertiary/aromatic N) is 1. The molecule has 4 heteroatoms. The number of phenolic OH excluding ortho intramolecular Hbond substituents is 1. The summed E-state index contributed by atoms with van der Waals surface area (Å²) >= 11 is 0. The summed E-state index contributed by atoms with van der Waals surface area (Å²) in [6.45, 7) is 11.0. The van der Waals surface area contributed by atoms with Crippen molar-refractivity contribution >= 4 is 17.3 Å². The third-order valence-electron chi connectivity index (χ3n) is 8.25. The van der Waals surface area contributed by atoms with Crippen LogP contribution in [-0.2, 0) is 12.8 Å². The first kappa shape index (κ1) is 27.3. The van der Waals surface area contributed by atoms with Gasteiger partial charge in [-0.2, -0.15) is 0 Å². The number of hydrogen-bond donors (Lipinski definition) is 2. The summed E-state index contributed by atoms with van der Waals surface area (Å²) in [4.78, 5) is 2.54. The first-order chi connectivity index (χ1) is 18.9. The number of anilines is 1. The molecule has 3 aromatic rings. The maximum atomic E-state index is 9.98. The molecule has 1 aliphatic carbocycles. The predicted octanol–water partition coefficient (Wildman–Crippen LogP) is 7.81. The van der Waals surface area contributed by atoms with Crippen molar-refractivity contribution in [1.29, 1.82) is 0 Å². The van der Waals surface area contributed by atoms with E-state index in [-0.39, 0.29) is 11.5 Å². The molecule has 1 heterocycles. The van der Waals surface area contributed by atoms with Crippen LogP contribution in [0, 0.1) is 5.41 Å². The number of nitrogens with one attached hydrogen (secondary N) is 1. The van der Waals surface area contributed by atoms with Gasteiger partial charge in [0.25, 0.3) is 0 Å². The van der Waals surface area contributed by atoms with E-state index in [0.29, 0.717) is 5.75 Å². The second-order valence-electron chi connectivity index (χ2n) is 12.0. The van der Waals surface area contributed by atoms with E-state index in [2.05, 4.69) is 85.6 Å². The molecule has 3 aromatic carbocycles. The van der Waals surface area contributed by atoms with Crippen LogP contribution in [-0.4, -0.2) is 42.3 Å². The Kier molecular flexibility index (Phi) is 8.62.